The first-order valence-corrected chi connectivity index (χ1v) is 21.2. The zero-order valence-corrected chi connectivity index (χ0v) is 33.9. The minimum absolute atomic E-state index is 0.536. The van der Waals surface area contributed by atoms with Crippen molar-refractivity contribution in [1.82, 2.24) is 24.1 Å². The van der Waals surface area contributed by atoms with Crippen LogP contribution in [-0.4, -0.2) is 24.1 Å². The molecule has 0 amide bonds. The predicted molar refractivity (Wildman–Crippen MR) is 258 cm³/mol. The van der Waals surface area contributed by atoms with Gasteiger partial charge in [-0.1, -0.05) is 164 Å². The Morgan fingerprint density at radius 3 is 1.59 bits per heavy atom. The Hall–Kier alpha value is -8.61. The molecule has 0 saturated carbocycles. The summed E-state index contributed by atoms with van der Waals surface area (Å²) in [6, 6.07) is 74.3. The van der Waals surface area contributed by atoms with Crippen LogP contribution >= 0.6 is 0 Å². The molecule has 9 aromatic carbocycles. The Labute approximate surface area is 361 Å². The van der Waals surface area contributed by atoms with E-state index in [0.717, 1.165) is 77.6 Å². The third-order valence-corrected chi connectivity index (χ3v) is 12.4. The summed E-state index contributed by atoms with van der Waals surface area (Å²) in [5, 5.41) is 6.75. The van der Waals surface area contributed by atoms with Gasteiger partial charge in [-0.05, 0) is 59.7 Å². The summed E-state index contributed by atoms with van der Waals surface area (Å²) >= 11 is 0. The fraction of sp³-hybridized carbons (Fsp3) is 0. The molecule has 0 aliphatic carbocycles. The molecule has 6 nitrogen and oxygen atoms in total. The molecule has 63 heavy (non-hydrogen) atoms. The summed E-state index contributed by atoms with van der Waals surface area (Å²) in [6.07, 6.45) is 0. The number of fused-ring (bicyclic) bond motifs is 10. The summed E-state index contributed by atoms with van der Waals surface area (Å²) < 4.78 is 11.8. The maximum absolute atomic E-state index is 6.98. The molecule has 0 spiro atoms. The van der Waals surface area contributed by atoms with Crippen LogP contribution in [0.5, 0.6) is 0 Å². The van der Waals surface area contributed by atoms with Crippen molar-refractivity contribution in [2.24, 2.45) is 0 Å². The van der Waals surface area contributed by atoms with Gasteiger partial charge in [-0.15, -0.1) is 0 Å². The summed E-state index contributed by atoms with van der Waals surface area (Å²) in [4.78, 5) is 15.6. The van der Waals surface area contributed by atoms with E-state index in [1.54, 1.807) is 0 Å². The van der Waals surface area contributed by atoms with E-state index in [2.05, 4.69) is 173 Å². The lowest BCUT2D eigenvalue weighted by Crippen LogP contribution is -2.02. The second kappa shape index (κ2) is 14.0. The Morgan fingerprint density at radius 2 is 0.873 bits per heavy atom. The van der Waals surface area contributed by atoms with Gasteiger partial charge in [0, 0.05) is 43.7 Å². The molecular formula is C57H35N5O. The molecule has 0 aliphatic rings. The SMILES string of the molecule is c1ccc(-c2cccc(-c3nc(-c4ccccc4)nc(-c4ccc(-n5c6ccccc6c6ccc7c8ccccc8n(-c8ccccc8)c7c65)c5c4oc4ccccc45)n3)c2)cc1. The fourth-order valence-corrected chi connectivity index (χ4v) is 9.58. The van der Waals surface area contributed by atoms with Crippen molar-refractivity contribution in [1.29, 1.82) is 0 Å². The molecule has 0 unspecified atom stereocenters. The number of hydrogen-bond donors (Lipinski definition) is 0. The fourth-order valence-electron chi connectivity index (χ4n) is 9.58. The molecule has 294 valence electrons. The van der Waals surface area contributed by atoms with Gasteiger partial charge in [0.1, 0.15) is 11.2 Å². The highest BCUT2D eigenvalue weighted by atomic mass is 16.3. The van der Waals surface area contributed by atoms with Crippen molar-refractivity contribution in [3.63, 3.8) is 0 Å². The monoisotopic (exact) mass is 805 g/mol. The van der Waals surface area contributed by atoms with Crippen LogP contribution in [0.2, 0.25) is 0 Å². The van der Waals surface area contributed by atoms with Gasteiger partial charge in [-0.25, -0.2) is 15.0 Å². The molecule has 13 aromatic rings. The molecule has 0 radical (unpaired) electrons. The number of benzene rings is 9. The number of furan rings is 1. The molecule has 0 bridgehead atoms. The minimum Gasteiger partial charge on any atom is -0.455 e. The number of hydrogen-bond acceptors (Lipinski definition) is 4. The molecule has 6 heteroatoms. The Bertz CT molecular complexity index is 3900. The van der Waals surface area contributed by atoms with Gasteiger partial charge in [-0.2, -0.15) is 0 Å². The first-order chi connectivity index (χ1) is 31.3. The summed E-state index contributed by atoms with van der Waals surface area (Å²) in [6.45, 7) is 0. The molecule has 13 rings (SSSR count). The lowest BCUT2D eigenvalue weighted by Gasteiger charge is -2.15. The Morgan fingerprint density at radius 1 is 0.349 bits per heavy atom. The highest BCUT2D eigenvalue weighted by molar-refractivity contribution is 6.25. The number of rotatable bonds is 6. The van der Waals surface area contributed by atoms with E-state index in [1.807, 2.05) is 48.5 Å². The zero-order chi connectivity index (χ0) is 41.4. The highest BCUT2D eigenvalue weighted by Crippen LogP contribution is 2.45. The third kappa shape index (κ3) is 5.48. The molecule has 0 atom stereocenters. The van der Waals surface area contributed by atoms with Crippen molar-refractivity contribution in [2.45, 2.75) is 0 Å². The lowest BCUT2D eigenvalue weighted by molar-refractivity contribution is 0.669. The highest BCUT2D eigenvalue weighted by Gasteiger charge is 2.25. The van der Waals surface area contributed by atoms with Crippen LogP contribution in [0.1, 0.15) is 0 Å². The van der Waals surface area contributed by atoms with Gasteiger partial charge in [-0.3, -0.25) is 0 Å². The van der Waals surface area contributed by atoms with Gasteiger partial charge in [0.15, 0.2) is 17.5 Å². The normalized spacial score (nSPS) is 11.8. The second-order valence-corrected chi connectivity index (χ2v) is 16.0. The average molecular weight is 806 g/mol. The van der Waals surface area contributed by atoms with E-state index in [0.29, 0.717) is 23.1 Å². The lowest BCUT2D eigenvalue weighted by atomic mass is 10.0. The van der Waals surface area contributed by atoms with E-state index < -0.39 is 0 Å². The topological polar surface area (TPSA) is 61.7 Å². The first-order valence-electron chi connectivity index (χ1n) is 21.2. The van der Waals surface area contributed by atoms with Crippen LogP contribution < -0.4 is 0 Å². The van der Waals surface area contributed by atoms with E-state index in [9.17, 15) is 0 Å². The van der Waals surface area contributed by atoms with Crippen LogP contribution in [0.3, 0.4) is 0 Å². The van der Waals surface area contributed by atoms with Crippen molar-refractivity contribution < 1.29 is 4.42 Å². The van der Waals surface area contributed by atoms with Gasteiger partial charge in [0.05, 0.1) is 38.7 Å². The quantitative estimate of drug-likeness (QED) is 0.168. The van der Waals surface area contributed by atoms with Gasteiger partial charge in [0.2, 0.25) is 0 Å². The van der Waals surface area contributed by atoms with Crippen molar-refractivity contribution in [3.05, 3.63) is 212 Å². The molecule has 0 fully saturated rings. The van der Waals surface area contributed by atoms with Crippen molar-refractivity contribution >= 4 is 65.6 Å². The van der Waals surface area contributed by atoms with Crippen molar-refractivity contribution in [3.8, 4) is 56.7 Å². The summed E-state index contributed by atoms with van der Waals surface area (Å²) in [7, 11) is 0. The minimum atomic E-state index is 0.536. The zero-order valence-electron chi connectivity index (χ0n) is 33.9. The van der Waals surface area contributed by atoms with Gasteiger partial charge in [0.25, 0.3) is 0 Å². The summed E-state index contributed by atoms with van der Waals surface area (Å²) in [5.74, 6) is 1.71. The standard InChI is InChI=1S/C57H35N5O/c1-4-17-36(18-5-1)38-21-16-22-39(35-38)56-58-55(37-19-6-2-7-20-37)59-57(60-56)46-33-34-49(51-45-27-12-15-30-50(45)63-54(46)51)62-48-29-14-11-26-42(48)44-32-31-43-41-25-10-13-28-47(41)61(52(43)53(44)62)40-23-8-3-9-24-40/h1-35H. The largest absolute Gasteiger partial charge is 0.455 e. The Balaban J connectivity index is 1.12. The first kappa shape index (κ1) is 35.2. The second-order valence-electron chi connectivity index (χ2n) is 16.0. The van der Waals surface area contributed by atoms with Crippen molar-refractivity contribution in [2.75, 3.05) is 0 Å². The molecule has 4 heterocycles. The number of aromatic nitrogens is 5. The summed E-state index contributed by atoms with van der Waals surface area (Å²) in [5.41, 5.74) is 13.0. The molecular weight excluding hydrogens is 771 g/mol. The van der Waals surface area contributed by atoms with E-state index in [4.69, 9.17) is 19.4 Å². The van der Waals surface area contributed by atoms with Gasteiger partial charge < -0.3 is 13.6 Å². The molecule has 0 N–H and O–H groups in total. The van der Waals surface area contributed by atoms with E-state index in [-0.39, 0.29) is 0 Å². The van der Waals surface area contributed by atoms with Crippen LogP contribution in [0.4, 0.5) is 0 Å². The molecule has 0 aliphatic heterocycles. The van der Waals surface area contributed by atoms with Crippen LogP contribution in [-0.2, 0) is 0 Å². The Kier molecular flexibility index (Phi) is 7.80. The van der Waals surface area contributed by atoms with Crippen LogP contribution in [0.25, 0.3) is 122 Å². The smallest absolute Gasteiger partial charge is 0.167 e. The maximum atomic E-state index is 6.98. The number of nitrogens with zero attached hydrogens (tertiary/aromatic N) is 5. The molecule has 0 saturated heterocycles. The predicted octanol–water partition coefficient (Wildman–Crippen LogP) is 14.6. The van der Waals surface area contributed by atoms with Crippen LogP contribution in [0, 0.1) is 0 Å². The molecule has 4 aromatic heterocycles. The van der Waals surface area contributed by atoms with Gasteiger partial charge >= 0.3 is 0 Å². The maximum Gasteiger partial charge on any atom is 0.167 e. The van der Waals surface area contributed by atoms with Crippen LogP contribution in [0.15, 0.2) is 217 Å². The number of para-hydroxylation sites is 4. The van der Waals surface area contributed by atoms with E-state index in [1.165, 1.54) is 21.5 Å². The third-order valence-electron chi connectivity index (χ3n) is 12.4. The average Bonchev–Trinajstić information content (AvgIpc) is 4.03. The van der Waals surface area contributed by atoms with E-state index >= 15 is 0 Å².